The van der Waals surface area contributed by atoms with Gasteiger partial charge in [0.25, 0.3) is 5.91 Å². The molecule has 0 N–H and O–H groups in total. The summed E-state index contributed by atoms with van der Waals surface area (Å²) in [5.74, 6) is 0.434. The van der Waals surface area contributed by atoms with Gasteiger partial charge in [0.1, 0.15) is 6.61 Å². The van der Waals surface area contributed by atoms with E-state index in [1.165, 1.54) is 16.7 Å². The van der Waals surface area contributed by atoms with E-state index < -0.39 is 0 Å². The highest BCUT2D eigenvalue weighted by Crippen LogP contribution is 2.38. The SMILES string of the molecule is CN=C1S/C(=C/c2cc(Cl)c(OCc3ccccc3Cl)c(Br)c2)C(=O)N1C. The third kappa shape index (κ3) is 4.51. The molecular formula is C19H15BrCl2N2O2S. The Balaban J connectivity index is 1.82. The normalized spacial score (nSPS) is 17.2. The van der Waals surface area contributed by atoms with E-state index in [-0.39, 0.29) is 5.91 Å². The number of benzene rings is 2. The quantitative estimate of drug-likeness (QED) is 0.508. The lowest BCUT2D eigenvalue weighted by Crippen LogP contribution is -2.23. The van der Waals surface area contributed by atoms with Crippen molar-refractivity contribution in [3.05, 3.63) is 66.9 Å². The zero-order chi connectivity index (χ0) is 19.6. The third-order valence-electron chi connectivity index (χ3n) is 3.84. The number of ether oxygens (including phenoxy) is 1. The standard InChI is InChI=1S/C19H15BrCl2N2O2S/c1-23-19-24(2)18(25)16(27-19)9-11-7-13(20)17(15(22)8-11)26-10-12-5-3-4-6-14(12)21/h3-9H,10H2,1-2H3/b16-9+,23-19?. The summed E-state index contributed by atoms with van der Waals surface area (Å²) in [7, 11) is 3.36. The second-order valence-electron chi connectivity index (χ2n) is 5.67. The maximum atomic E-state index is 12.3. The van der Waals surface area contributed by atoms with E-state index in [1.807, 2.05) is 30.3 Å². The van der Waals surface area contributed by atoms with Crippen molar-refractivity contribution in [3.63, 3.8) is 0 Å². The van der Waals surface area contributed by atoms with Gasteiger partial charge in [0.2, 0.25) is 0 Å². The van der Waals surface area contributed by atoms with Crippen molar-refractivity contribution in [1.82, 2.24) is 4.90 Å². The van der Waals surface area contributed by atoms with Crippen LogP contribution >= 0.6 is 50.9 Å². The maximum absolute atomic E-state index is 12.3. The molecule has 0 unspecified atom stereocenters. The predicted molar refractivity (Wildman–Crippen MR) is 117 cm³/mol. The van der Waals surface area contributed by atoms with Crippen molar-refractivity contribution >= 4 is 68.0 Å². The average molecular weight is 486 g/mol. The van der Waals surface area contributed by atoms with E-state index in [4.69, 9.17) is 27.9 Å². The van der Waals surface area contributed by atoms with Crippen LogP contribution in [0.4, 0.5) is 0 Å². The van der Waals surface area contributed by atoms with Crippen LogP contribution in [0.25, 0.3) is 6.08 Å². The van der Waals surface area contributed by atoms with Crippen LogP contribution in [0.5, 0.6) is 5.75 Å². The lowest BCUT2D eigenvalue weighted by Gasteiger charge is -2.12. The maximum Gasteiger partial charge on any atom is 0.266 e. The fourth-order valence-electron chi connectivity index (χ4n) is 2.47. The van der Waals surface area contributed by atoms with Crippen LogP contribution < -0.4 is 4.74 Å². The number of halogens is 3. The molecular weight excluding hydrogens is 471 g/mol. The number of amidine groups is 1. The number of carbonyl (C=O) groups excluding carboxylic acids is 1. The summed E-state index contributed by atoms with van der Waals surface area (Å²) in [6.07, 6.45) is 1.79. The number of thioether (sulfide) groups is 1. The number of nitrogens with zero attached hydrogens (tertiary/aromatic N) is 2. The van der Waals surface area contributed by atoms with Gasteiger partial charge in [-0.1, -0.05) is 41.4 Å². The summed E-state index contributed by atoms with van der Waals surface area (Å²) in [4.78, 5) is 18.5. The molecule has 4 nitrogen and oxygen atoms in total. The lowest BCUT2D eigenvalue weighted by molar-refractivity contribution is -0.121. The highest BCUT2D eigenvalue weighted by atomic mass is 79.9. The Bertz CT molecular complexity index is 939. The molecule has 3 rings (SSSR count). The molecule has 2 aromatic carbocycles. The topological polar surface area (TPSA) is 41.9 Å². The van der Waals surface area contributed by atoms with Crippen LogP contribution in [0.2, 0.25) is 10.0 Å². The second kappa shape index (κ2) is 8.69. The first-order chi connectivity index (χ1) is 12.9. The van der Waals surface area contributed by atoms with Gasteiger partial charge in [-0.3, -0.25) is 14.7 Å². The number of hydrogen-bond donors (Lipinski definition) is 0. The van der Waals surface area contributed by atoms with Crippen LogP contribution in [0.1, 0.15) is 11.1 Å². The first kappa shape index (κ1) is 20.3. The van der Waals surface area contributed by atoms with E-state index >= 15 is 0 Å². The molecule has 1 heterocycles. The highest BCUT2D eigenvalue weighted by molar-refractivity contribution is 9.10. The van der Waals surface area contributed by atoms with Crippen LogP contribution in [-0.4, -0.2) is 30.1 Å². The summed E-state index contributed by atoms with van der Waals surface area (Å²) >= 11 is 17.4. The van der Waals surface area contributed by atoms with Crippen molar-refractivity contribution in [2.45, 2.75) is 6.61 Å². The van der Waals surface area contributed by atoms with E-state index in [0.29, 0.717) is 36.9 Å². The summed E-state index contributed by atoms with van der Waals surface area (Å²) in [6.45, 7) is 0.299. The zero-order valence-corrected chi connectivity index (χ0v) is 18.4. The number of aliphatic imine (C=N–C) groups is 1. The molecule has 0 radical (unpaired) electrons. The molecule has 1 saturated heterocycles. The van der Waals surface area contributed by atoms with Crippen LogP contribution in [0, 0.1) is 0 Å². The van der Waals surface area contributed by atoms with E-state index in [1.54, 1.807) is 26.2 Å². The smallest absolute Gasteiger partial charge is 0.266 e. The van der Waals surface area contributed by atoms with Gasteiger partial charge in [0.05, 0.1) is 14.4 Å². The van der Waals surface area contributed by atoms with E-state index in [9.17, 15) is 4.79 Å². The number of likely N-dealkylation sites (N-methyl/N-ethyl adjacent to an activating group) is 1. The molecule has 1 fully saturated rings. The Labute approximate surface area is 180 Å². The Hall–Kier alpha value is -1.47. The molecule has 0 spiro atoms. The summed E-state index contributed by atoms with van der Waals surface area (Å²) in [5.41, 5.74) is 1.66. The minimum atomic E-state index is -0.0908. The third-order valence-corrected chi connectivity index (χ3v) is 6.23. The van der Waals surface area contributed by atoms with Crippen LogP contribution in [0.15, 0.2) is 50.8 Å². The number of carbonyl (C=O) groups is 1. The fraction of sp³-hybridized carbons (Fsp3) is 0.158. The van der Waals surface area contributed by atoms with E-state index in [2.05, 4.69) is 20.9 Å². The van der Waals surface area contributed by atoms with Crippen molar-refractivity contribution < 1.29 is 9.53 Å². The molecule has 0 atom stereocenters. The monoisotopic (exact) mass is 484 g/mol. The number of amides is 1. The Morgan fingerprint density at radius 3 is 2.63 bits per heavy atom. The van der Waals surface area contributed by atoms with Crippen molar-refractivity contribution in [3.8, 4) is 5.75 Å². The summed E-state index contributed by atoms with van der Waals surface area (Å²) in [6, 6.07) is 11.1. The minimum absolute atomic E-state index is 0.0908. The number of hydrogen-bond acceptors (Lipinski definition) is 4. The molecule has 1 amide bonds. The Kier molecular flexibility index (Phi) is 6.52. The molecule has 8 heteroatoms. The molecule has 1 aliphatic rings. The van der Waals surface area contributed by atoms with Gasteiger partial charge >= 0.3 is 0 Å². The first-order valence-corrected chi connectivity index (χ1v) is 10.3. The van der Waals surface area contributed by atoms with Crippen molar-refractivity contribution in [1.29, 1.82) is 0 Å². The van der Waals surface area contributed by atoms with Crippen LogP contribution in [-0.2, 0) is 11.4 Å². The predicted octanol–water partition coefficient (Wildman–Crippen LogP) is 5.87. The second-order valence-corrected chi connectivity index (χ2v) is 8.35. The van der Waals surface area contributed by atoms with E-state index in [0.717, 1.165) is 11.1 Å². The molecule has 2 aromatic rings. The lowest BCUT2D eigenvalue weighted by atomic mass is 10.2. The molecule has 0 aliphatic carbocycles. The molecule has 27 heavy (non-hydrogen) atoms. The summed E-state index contributed by atoms with van der Waals surface area (Å²) in [5, 5.41) is 1.74. The van der Waals surface area contributed by atoms with Gasteiger partial charge in [-0.25, -0.2) is 0 Å². The molecule has 0 bridgehead atoms. The first-order valence-electron chi connectivity index (χ1n) is 7.90. The molecule has 0 aromatic heterocycles. The van der Waals surface area contributed by atoms with Crippen molar-refractivity contribution in [2.75, 3.05) is 14.1 Å². The average Bonchev–Trinajstić information content (AvgIpc) is 2.90. The molecule has 1 aliphatic heterocycles. The minimum Gasteiger partial charge on any atom is -0.486 e. The Morgan fingerprint density at radius 2 is 2.00 bits per heavy atom. The van der Waals surface area contributed by atoms with Gasteiger partial charge in [-0.2, -0.15) is 0 Å². The van der Waals surface area contributed by atoms with Gasteiger partial charge in [0.15, 0.2) is 10.9 Å². The zero-order valence-electron chi connectivity index (χ0n) is 14.5. The van der Waals surface area contributed by atoms with Crippen molar-refractivity contribution in [2.24, 2.45) is 4.99 Å². The van der Waals surface area contributed by atoms with Gasteiger partial charge in [-0.15, -0.1) is 0 Å². The van der Waals surface area contributed by atoms with Gasteiger partial charge in [0, 0.05) is 24.7 Å². The van der Waals surface area contributed by atoms with Gasteiger partial charge < -0.3 is 4.74 Å². The largest absolute Gasteiger partial charge is 0.486 e. The number of rotatable bonds is 4. The summed E-state index contributed by atoms with van der Waals surface area (Å²) < 4.78 is 6.54. The molecule has 0 saturated carbocycles. The fourth-order valence-corrected chi connectivity index (χ4v) is 4.57. The Morgan fingerprint density at radius 1 is 1.26 bits per heavy atom. The molecule has 140 valence electrons. The van der Waals surface area contributed by atoms with Crippen LogP contribution in [0.3, 0.4) is 0 Å². The van der Waals surface area contributed by atoms with Gasteiger partial charge in [-0.05, 0) is 57.5 Å². The highest BCUT2D eigenvalue weighted by Gasteiger charge is 2.29.